The van der Waals surface area contributed by atoms with E-state index in [0.717, 1.165) is 33.4 Å². The molecule has 0 unspecified atom stereocenters. The lowest BCUT2D eigenvalue weighted by Crippen LogP contribution is -1.90. The SMILES string of the molecule is Oc1ccc(-c2cccc(-c3ccccc3)c2-c2ccc(O)cc2)cc1. The second-order valence-electron chi connectivity index (χ2n) is 6.19. The van der Waals surface area contributed by atoms with Crippen LogP contribution in [0.5, 0.6) is 11.5 Å². The topological polar surface area (TPSA) is 40.5 Å². The largest absolute Gasteiger partial charge is 0.508 e. The zero-order chi connectivity index (χ0) is 17.9. The summed E-state index contributed by atoms with van der Waals surface area (Å²) in [7, 11) is 0. The minimum Gasteiger partial charge on any atom is -0.508 e. The van der Waals surface area contributed by atoms with Crippen LogP contribution in [0.2, 0.25) is 0 Å². The van der Waals surface area contributed by atoms with E-state index in [1.54, 1.807) is 24.3 Å². The summed E-state index contributed by atoms with van der Waals surface area (Å²) in [4.78, 5) is 0. The molecule has 4 rings (SSSR count). The van der Waals surface area contributed by atoms with Crippen molar-refractivity contribution in [2.75, 3.05) is 0 Å². The van der Waals surface area contributed by atoms with Gasteiger partial charge in [0.1, 0.15) is 11.5 Å². The third kappa shape index (κ3) is 3.05. The summed E-state index contributed by atoms with van der Waals surface area (Å²) >= 11 is 0. The lowest BCUT2D eigenvalue weighted by Gasteiger charge is -2.16. The molecule has 0 spiro atoms. The number of rotatable bonds is 3. The molecule has 0 atom stereocenters. The molecule has 126 valence electrons. The smallest absolute Gasteiger partial charge is 0.115 e. The molecule has 26 heavy (non-hydrogen) atoms. The van der Waals surface area contributed by atoms with Crippen LogP contribution < -0.4 is 0 Å². The third-order valence-electron chi connectivity index (χ3n) is 4.48. The summed E-state index contributed by atoms with van der Waals surface area (Å²) in [5, 5.41) is 19.3. The summed E-state index contributed by atoms with van der Waals surface area (Å²) in [6.45, 7) is 0. The molecule has 0 saturated carbocycles. The van der Waals surface area contributed by atoms with Gasteiger partial charge in [-0.2, -0.15) is 0 Å². The molecule has 0 bridgehead atoms. The van der Waals surface area contributed by atoms with Gasteiger partial charge in [-0.1, -0.05) is 72.8 Å². The molecule has 0 heterocycles. The van der Waals surface area contributed by atoms with Gasteiger partial charge in [0.25, 0.3) is 0 Å². The molecule has 0 aliphatic rings. The van der Waals surface area contributed by atoms with E-state index in [2.05, 4.69) is 30.3 Å². The fourth-order valence-electron chi connectivity index (χ4n) is 3.23. The van der Waals surface area contributed by atoms with E-state index in [1.165, 1.54) is 0 Å². The van der Waals surface area contributed by atoms with Gasteiger partial charge in [-0.3, -0.25) is 0 Å². The predicted octanol–water partition coefficient (Wildman–Crippen LogP) is 6.10. The first-order chi connectivity index (χ1) is 12.7. The van der Waals surface area contributed by atoms with Crippen molar-refractivity contribution in [3.8, 4) is 44.9 Å². The Labute approximate surface area is 152 Å². The van der Waals surface area contributed by atoms with E-state index in [9.17, 15) is 10.2 Å². The Hall–Kier alpha value is -3.52. The van der Waals surface area contributed by atoms with Gasteiger partial charge in [-0.25, -0.2) is 0 Å². The zero-order valence-electron chi connectivity index (χ0n) is 14.1. The second kappa shape index (κ2) is 6.77. The van der Waals surface area contributed by atoms with E-state index < -0.39 is 0 Å². The third-order valence-corrected chi connectivity index (χ3v) is 4.48. The molecule has 2 heteroatoms. The van der Waals surface area contributed by atoms with Gasteiger partial charge in [0.15, 0.2) is 0 Å². The van der Waals surface area contributed by atoms with E-state index in [0.29, 0.717) is 0 Å². The number of aromatic hydroxyl groups is 2. The fraction of sp³-hybridized carbons (Fsp3) is 0. The van der Waals surface area contributed by atoms with E-state index in [4.69, 9.17) is 0 Å². The number of hydrogen-bond donors (Lipinski definition) is 2. The van der Waals surface area contributed by atoms with E-state index in [1.807, 2.05) is 42.5 Å². The number of hydrogen-bond acceptors (Lipinski definition) is 2. The summed E-state index contributed by atoms with van der Waals surface area (Å²) in [6.07, 6.45) is 0. The normalized spacial score (nSPS) is 10.6. The molecule has 4 aromatic carbocycles. The minimum atomic E-state index is 0.247. The van der Waals surface area contributed by atoms with Gasteiger partial charge >= 0.3 is 0 Å². The first kappa shape index (κ1) is 16.0. The standard InChI is InChI=1S/C24H18O2/c25-20-13-9-18(10-14-20)23-8-4-7-22(17-5-2-1-3-6-17)24(23)19-11-15-21(26)16-12-19/h1-16,25-26H. The van der Waals surface area contributed by atoms with Crippen LogP contribution in [0.25, 0.3) is 33.4 Å². The van der Waals surface area contributed by atoms with E-state index >= 15 is 0 Å². The van der Waals surface area contributed by atoms with Gasteiger partial charge in [0.05, 0.1) is 0 Å². The molecule has 4 aromatic rings. The highest BCUT2D eigenvalue weighted by atomic mass is 16.3. The Morgan fingerprint density at radius 3 is 1.38 bits per heavy atom. The van der Waals surface area contributed by atoms with Crippen LogP contribution in [-0.4, -0.2) is 10.2 Å². The summed E-state index contributed by atoms with van der Waals surface area (Å²) < 4.78 is 0. The second-order valence-corrected chi connectivity index (χ2v) is 6.19. The Balaban J connectivity index is 2.00. The lowest BCUT2D eigenvalue weighted by atomic mass is 9.87. The van der Waals surface area contributed by atoms with Crippen molar-refractivity contribution in [2.45, 2.75) is 0 Å². The van der Waals surface area contributed by atoms with Crippen molar-refractivity contribution < 1.29 is 10.2 Å². The summed E-state index contributed by atoms with van der Waals surface area (Å²) in [5.41, 5.74) is 6.51. The average molecular weight is 338 g/mol. The van der Waals surface area contributed by atoms with Crippen molar-refractivity contribution in [2.24, 2.45) is 0 Å². The molecule has 0 aromatic heterocycles. The molecule has 0 saturated heterocycles. The van der Waals surface area contributed by atoms with Crippen molar-refractivity contribution in [3.05, 3.63) is 97.1 Å². The van der Waals surface area contributed by atoms with Gasteiger partial charge < -0.3 is 10.2 Å². The van der Waals surface area contributed by atoms with Gasteiger partial charge in [0.2, 0.25) is 0 Å². The van der Waals surface area contributed by atoms with Crippen LogP contribution in [-0.2, 0) is 0 Å². The molecular formula is C24H18O2. The zero-order valence-corrected chi connectivity index (χ0v) is 14.1. The van der Waals surface area contributed by atoms with Crippen molar-refractivity contribution >= 4 is 0 Å². The van der Waals surface area contributed by atoms with Crippen LogP contribution in [0.3, 0.4) is 0 Å². The summed E-state index contributed by atoms with van der Waals surface area (Å²) in [5.74, 6) is 0.497. The maximum absolute atomic E-state index is 9.68. The highest BCUT2D eigenvalue weighted by Gasteiger charge is 2.14. The number of phenols is 2. The van der Waals surface area contributed by atoms with Crippen LogP contribution in [0.15, 0.2) is 97.1 Å². The highest BCUT2D eigenvalue weighted by molar-refractivity contribution is 5.94. The van der Waals surface area contributed by atoms with Crippen molar-refractivity contribution in [1.29, 1.82) is 0 Å². The molecular weight excluding hydrogens is 320 g/mol. The van der Waals surface area contributed by atoms with Gasteiger partial charge in [-0.15, -0.1) is 0 Å². The first-order valence-corrected chi connectivity index (χ1v) is 8.49. The minimum absolute atomic E-state index is 0.247. The molecule has 0 aliphatic heterocycles. The van der Waals surface area contributed by atoms with Gasteiger partial charge in [-0.05, 0) is 57.6 Å². The lowest BCUT2D eigenvalue weighted by molar-refractivity contribution is 0.475. The maximum atomic E-state index is 9.68. The molecule has 0 aliphatic carbocycles. The van der Waals surface area contributed by atoms with Gasteiger partial charge in [0, 0.05) is 0 Å². The average Bonchev–Trinajstić information content (AvgIpc) is 2.69. The quantitative estimate of drug-likeness (QED) is 0.474. The van der Waals surface area contributed by atoms with E-state index in [-0.39, 0.29) is 11.5 Å². The Bertz CT molecular complexity index is 1020. The van der Waals surface area contributed by atoms with Crippen LogP contribution in [0.4, 0.5) is 0 Å². The molecule has 0 amide bonds. The summed E-state index contributed by atoms with van der Waals surface area (Å²) in [6, 6.07) is 31.0. The van der Waals surface area contributed by atoms with Crippen molar-refractivity contribution in [1.82, 2.24) is 0 Å². The predicted molar refractivity (Wildman–Crippen MR) is 106 cm³/mol. The maximum Gasteiger partial charge on any atom is 0.115 e. The highest BCUT2D eigenvalue weighted by Crippen LogP contribution is 2.40. The monoisotopic (exact) mass is 338 g/mol. The van der Waals surface area contributed by atoms with Crippen LogP contribution in [0, 0.1) is 0 Å². The molecule has 0 fully saturated rings. The Morgan fingerprint density at radius 1 is 0.385 bits per heavy atom. The Kier molecular flexibility index (Phi) is 4.16. The fourth-order valence-corrected chi connectivity index (χ4v) is 3.23. The van der Waals surface area contributed by atoms with Crippen LogP contribution in [0.1, 0.15) is 0 Å². The first-order valence-electron chi connectivity index (χ1n) is 8.49. The molecule has 2 nitrogen and oxygen atoms in total. The van der Waals surface area contributed by atoms with Crippen LogP contribution >= 0.6 is 0 Å². The Morgan fingerprint density at radius 2 is 0.846 bits per heavy atom. The van der Waals surface area contributed by atoms with Crippen molar-refractivity contribution in [3.63, 3.8) is 0 Å². The number of phenolic OH excluding ortho intramolecular Hbond substituents is 2. The molecule has 0 radical (unpaired) electrons. The number of benzene rings is 4. The molecule has 2 N–H and O–H groups in total.